The Morgan fingerprint density at radius 1 is 0.895 bits per heavy atom. The lowest BCUT2D eigenvalue weighted by Gasteiger charge is -2.44. The van der Waals surface area contributed by atoms with Crippen LogP contribution in [-0.2, 0) is 47.6 Å². The molecular weight excluding hydrogens is 524 g/mol. The number of para-hydroxylation sites is 1. The van der Waals surface area contributed by atoms with Crippen LogP contribution in [0.25, 0.3) is 0 Å². The lowest BCUT2D eigenvalue weighted by Crippen LogP contribution is -2.63. The molecule has 2 rings (SSSR count). The molecular formula is C25H30O12S. The lowest BCUT2D eigenvalue weighted by molar-refractivity contribution is -0.307. The summed E-state index contributed by atoms with van der Waals surface area (Å²) in [4.78, 5) is 59.4. The highest BCUT2D eigenvalue weighted by Crippen LogP contribution is 2.31. The van der Waals surface area contributed by atoms with Gasteiger partial charge < -0.3 is 33.2 Å². The van der Waals surface area contributed by atoms with E-state index in [1.165, 1.54) is 13.0 Å². The molecule has 1 aromatic rings. The van der Waals surface area contributed by atoms with Gasteiger partial charge in [-0.15, -0.1) is 6.58 Å². The molecule has 1 aliphatic rings. The summed E-state index contributed by atoms with van der Waals surface area (Å²) < 4.78 is 38.0. The molecule has 208 valence electrons. The highest BCUT2D eigenvalue weighted by atomic mass is 32.2. The third-order valence-electron chi connectivity index (χ3n) is 4.83. The molecule has 1 heterocycles. The van der Waals surface area contributed by atoms with Crippen molar-refractivity contribution in [2.45, 2.75) is 63.7 Å². The van der Waals surface area contributed by atoms with E-state index in [0.717, 1.165) is 32.5 Å². The zero-order chi connectivity index (χ0) is 28.2. The number of thioether (sulfide) groups is 1. The van der Waals surface area contributed by atoms with Crippen LogP contribution in [0.15, 0.2) is 43.0 Å². The van der Waals surface area contributed by atoms with Gasteiger partial charge in [-0.3, -0.25) is 19.2 Å². The number of rotatable bonds is 11. The molecule has 0 bridgehead atoms. The Balaban J connectivity index is 2.24. The minimum atomic E-state index is -1.37. The maximum absolute atomic E-state index is 12.3. The second-order valence-corrected chi connectivity index (χ2v) is 9.13. The van der Waals surface area contributed by atoms with Crippen LogP contribution in [0.3, 0.4) is 0 Å². The molecule has 0 N–H and O–H groups in total. The van der Waals surface area contributed by atoms with E-state index in [2.05, 4.69) is 6.58 Å². The zero-order valence-corrected chi connectivity index (χ0v) is 22.2. The number of hydrogen-bond donors (Lipinski definition) is 0. The summed E-state index contributed by atoms with van der Waals surface area (Å²) in [6, 6.07) is 8.45. The van der Waals surface area contributed by atoms with E-state index in [1.54, 1.807) is 30.3 Å². The van der Waals surface area contributed by atoms with Gasteiger partial charge in [-0.25, -0.2) is 4.79 Å². The van der Waals surface area contributed by atoms with Gasteiger partial charge in [-0.1, -0.05) is 24.3 Å². The van der Waals surface area contributed by atoms with E-state index in [1.807, 2.05) is 0 Å². The number of ether oxygens (including phenoxy) is 7. The number of hydrogen-bond acceptors (Lipinski definition) is 13. The fourth-order valence-electron chi connectivity index (χ4n) is 3.40. The van der Waals surface area contributed by atoms with Gasteiger partial charge in [-0.05, 0) is 23.9 Å². The van der Waals surface area contributed by atoms with Crippen molar-refractivity contribution in [1.82, 2.24) is 0 Å². The first-order valence-corrected chi connectivity index (χ1v) is 12.4. The van der Waals surface area contributed by atoms with Crippen LogP contribution in [0.2, 0.25) is 0 Å². The molecule has 0 amide bonds. The van der Waals surface area contributed by atoms with E-state index in [9.17, 15) is 24.0 Å². The van der Waals surface area contributed by atoms with Crippen LogP contribution in [-0.4, -0.2) is 78.3 Å². The Morgan fingerprint density at radius 3 is 2.03 bits per heavy atom. The van der Waals surface area contributed by atoms with Crippen LogP contribution in [0, 0.1) is 0 Å². The van der Waals surface area contributed by atoms with Gasteiger partial charge in [0.1, 0.15) is 18.5 Å². The van der Waals surface area contributed by atoms with Gasteiger partial charge in [0, 0.05) is 27.7 Å². The van der Waals surface area contributed by atoms with Crippen molar-refractivity contribution in [3.05, 3.63) is 43.0 Å². The van der Waals surface area contributed by atoms with E-state index in [4.69, 9.17) is 33.2 Å². The maximum atomic E-state index is 12.3. The van der Waals surface area contributed by atoms with Crippen LogP contribution >= 0.6 is 11.8 Å². The fraction of sp³-hybridized carbons (Fsp3) is 0.480. The first-order valence-electron chi connectivity index (χ1n) is 11.5. The van der Waals surface area contributed by atoms with E-state index < -0.39 is 65.1 Å². The third-order valence-corrected chi connectivity index (χ3v) is 5.73. The minimum Gasteiger partial charge on any atom is -0.463 e. The Bertz CT molecular complexity index is 997. The van der Waals surface area contributed by atoms with Gasteiger partial charge in [-0.2, -0.15) is 0 Å². The first kappa shape index (κ1) is 30.8. The highest BCUT2D eigenvalue weighted by molar-refractivity contribution is 8.14. The highest BCUT2D eigenvalue weighted by Gasteiger charge is 2.52. The summed E-state index contributed by atoms with van der Waals surface area (Å²) in [5.74, 6) is -2.55. The molecule has 1 saturated heterocycles. The molecule has 0 aromatic heterocycles. The summed E-state index contributed by atoms with van der Waals surface area (Å²) in [6.07, 6.45) is -5.11. The van der Waals surface area contributed by atoms with Crippen LogP contribution in [0.4, 0.5) is 4.79 Å². The third kappa shape index (κ3) is 10.1. The van der Waals surface area contributed by atoms with Gasteiger partial charge >= 0.3 is 29.2 Å². The summed E-state index contributed by atoms with van der Waals surface area (Å²) in [5.41, 5.74) is 0. The molecule has 1 aliphatic heterocycles. The molecule has 0 radical (unpaired) electrons. The molecule has 3 unspecified atom stereocenters. The van der Waals surface area contributed by atoms with Crippen molar-refractivity contribution in [2.75, 3.05) is 13.2 Å². The lowest BCUT2D eigenvalue weighted by atomic mass is 9.98. The van der Waals surface area contributed by atoms with E-state index in [-0.39, 0.29) is 13.2 Å². The molecule has 1 fully saturated rings. The van der Waals surface area contributed by atoms with Gasteiger partial charge in [0.2, 0.25) is 0 Å². The van der Waals surface area contributed by atoms with Crippen LogP contribution < -0.4 is 4.74 Å². The van der Waals surface area contributed by atoms with Crippen molar-refractivity contribution >= 4 is 40.9 Å². The van der Waals surface area contributed by atoms with Crippen LogP contribution in [0.5, 0.6) is 5.75 Å². The second kappa shape index (κ2) is 15.1. The predicted octanol–water partition coefficient (Wildman–Crippen LogP) is 2.57. The molecule has 6 atom stereocenters. The molecule has 1 aromatic carbocycles. The second-order valence-electron chi connectivity index (χ2n) is 7.96. The normalized spacial score (nSPS) is 23.3. The Labute approximate surface area is 223 Å². The number of esters is 4. The summed E-state index contributed by atoms with van der Waals surface area (Å²) in [7, 11) is 0. The topological polar surface area (TPSA) is 150 Å². The average molecular weight is 555 g/mol. The number of benzene rings is 1. The summed E-state index contributed by atoms with van der Waals surface area (Å²) in [5, 5.41) is -1.25. The Morgan fingerprint density at radius 2 is 1.47 bits per heavy atom. The van der Waals surface area contributed by atoms with E-state index >= 15 is 0 Å². The number of carbonyl (C=O) groups is 5. The van der Waals surface area contributed by atoms with Crippen molar-refractivity contribution in [1.29, 1.82) is 0 Å². The molecule has 0 spiro atoms. The minimum absolute atomic E-state index is 0.175. The Kier molecular flexibility index (Phi) is 12.2. The van der Waals surface area contributed by atoms with Gasteiger partial charge in [0.25, 0.3) is 0 Å². The smallest absolute Gasteiger partial charge is 0.373 e. The van der Waals surface area contributed by atoms with Crippen molar-refractivity contribution in [3.63, 3.8) is 0 Å². The monoisotopic (exact) mass is 554 g/mol. The number of carbonyl (C=O) groups excluding carboxylic acids is 5. The summed E-state index contributed by atoms with van der Waals surface area (Å²) >= 11 is 0.787. The predicted molar refractivity (Wildman–Crippen MR) is 132 cm³/mol. The largest absolute Gasteiger partial charge is 0.463 e. The molecule has 0 aliphatic carbocycles. The van der Waals surface area contributed by atoms with E-state index in [0.29, 0.717) is 5.75 Å². The van der Waals surface area contributed by atoms with Crippen molar-refractivity contribution in [2.24, 2.45) is 0 Å². The first-order chi connectivity index (χ1) is 18.0. The maximum Gasteiger partial charge on any atom is 0.373 e. The van der Waals surface area contributed by atoms with Crippen molar-refractivity contribution in [3.8, 4) is 5.75 Å². The Hall–Kier alpha value is -3.42. The zero-order valence-electron chi connectivity index (χ0n) is 21.4. The summed E-state index contributed by atoms with van der Waals surface area (Å²) in [6.45, 7) is 7.66. The molecule has 38 heavy (non-hydrogen) atoms. The SMILES string of the molecule is C=CC(CO[C@@H]1OC(COC(C)=O)[C@@H](OC(C)=O)[C@H](OC(C)=O)C1OC(C)=O)SC(=O)Oc1ccccc1. The van der Waals surface area contributed by atoms with Crippen molar-refractivity contribution < 1.29 is 57.1 Å². The average Bonchev–Trinajstić information content (AvgIpc) is 2.83. The molecule has 13 heteroatoms. The molecule has 0 saturated carbocycles. The van der Waals surface area contributed by atoms with Gasteiger partial charge in [0.05, 0.1) is 11.9 Å². The van der Waals surface area contributed by atoms with Gasteiger partial charge in [0.15, 0.2) is 24.6 Å². The standard InChI is InChI=1S/C25H30O12S/c1-6-19(38-25(30)36-18-10-8-7-9-11-18)12-32-24-23(35-17(5)29)22(34-16(4)28)21(33-15(3)27)20(37-24)13-31-14(2)26/h6-11,19-24H,1,12-13H2,2-5H3/t19?,20?,21-,22+,23?,24-/m1/s1. The molecule has 12 nitrogen and oxygen atoms in total. The van der Waals surface area contributed by atoms with Crippen LogP contribution in [0.1, 0.15) is 27.7 Å². The quantitative estimate of drug-likeness (QED) is 0.224. The fourth-order valence-corrected chi connectivity index (χ4v) is 4.03.